The number of benzene rings is 1. The van der Waals surface area contributed by atoms with Crippen molar-refractivity contribution < 1.29 is 4.74 Å². The van der Waals surface area contributed by atoms with Gasteiger partial charge in [-0.1, -0.05) is 6.42 Å². The lowest BCUT2D eigenvalue weighted by Gasteiger charge is -2.40. The van der Waals surface area contributed by atoms with Crippen LogP contribution in [0.15, 0.2) is 29.6 Å². The van der Waals surface area contributed by atoms with Crippen LogP contribution < -0.4 is 10.1 Å². The fourth-order valence-corrected chi connectivity index (χ4v) is 4.33. The van der Waals surface area contributed by atoms with E-state index < -0.39 is 0 Å². The normalized spacial score (nSPS) is 30.4. The van der Waals surface area contributed by atoms with Crippen LogP contribution in [0.4, 0.5) is 0 Å². The molecule has 0 aliphatic carbocycles. The molecule has 100 valence electrons. The molecule has 3 heteroatoms. The topological polar surface area (TPSA) is 21.3 Å². The Balaban J connectivity index is 1.51. The maximum absolute atomic E-state index is 6.24. The van der Waals surface area contributed by atoms with E-state index in [0.717, 1.165) is 5.75 Å². The highest BCUT2D eigenvalue weighted by Gasteiger charge is 2.32. The number of piperidine rings is 2. The summed E-state index contributed by atoms with van der Waals surface area (Å²) in [6.07, 6.45) is 6.75. The van der Waals surface area contributed by atoms with Gasteiger partial charge in [0.2, 0.25) is 0 Å². The lowest BCUT2D eigenvalue weighted by molar-refractivity contribution is 0.0928. The second-order valence-electron chi connectivity index (χ2n) is 5.82. The molecular weight excluding hydrogens is 254 g/mol. The average molecular weight is 273 g/mol. The number of rotatable bonds is 2. The molecule has 1 aromatic heterocycles. The Morgan fingerprint density at radius 3 is 2.79 bits per heavy atom. The number of nitrogens with one attached hydrogen (secondary N) is 1. The third kappa shape index (κ3) is 2.37. The standard InChI is InChI=1S/C16H19NOS/c1-2-12-8-15(9-13(3-1)17-12)18-14-5-4-11-6-7-19-16(11)10-14/h4-7,10,12-13,15,17H,1-3,8-9H2/t12-,13-/m0/s1. The van der Waals surface area contributed by atoms with Crippen LogP contribution in [0.3, 0.4) is 0 Å². The number of hydrogen-bond donors (Lipinski definition) is 1. The Morgan fingerprint density at radius 1 is 1.11 bits per heavy atom. The van der Waals surface area contributed by atoms with Crippen molar-refractivity contribution >= 4 is 21.4 Å². The van der Waals surface area contributed by atoms with Gasteiger partial charge < -0.3 is 10.1 Å². The summed E-state index contributed by atoms with van der Waals surface area (Å²) in [4.78, 5) is 0. The molecule has 0 radical (unpaired) electrons. The summed E-state index contributed by atoms with van der Waals surface area (Å²) < 4.78 is 7.56. The average Bonchev–Trinajstić information content (AvgIpc) is 2.85. The summed E-state index contributed by atoms with van der Waals surface area (Å²) in [5, 5.41) is 7.18. The zero-order chi connectivity index (χ0) is 12.7. The third-order valence-corrected chi connectivity index (χ3v) is 5.28. The van der Waals surface area contributed by atoms with E-state index in [1.165, 1.54) is 42.2 Å². The summed E-state index contributed by atoms with van der Waals surface area (Å²) in [6, 6.07) is 10.0. The monoisotopic (exact) mass is 273 g/mol. The van der Waals surface area contributed by atoms with E-state index in [1.807, 2.05) is 0 Å². The van der Waals surface area contributed by atoms with Crippen molar-refractivity contribution in [2.45, 2.75) is 50.3 Å². The molecule has 4 rings (SSSR count). The van der Waals surface area contributed by atoms with Crippen LogP contribution in [0, 0.1) is 0 Å². The Morgan fingerprint density at radius 2 is 1.95 bits per heavy atom. The van der Waals surface area contributed by atoms with Crippen molar-refractivity contribution in [1.29, 1.82) is 0 Å². The number of fused-ring (bicyclic) bond motifs is 3. The largest absolute Gasteiger partial charge is 0.490 e. The molecule has 2 aliphatic rings. The fourth-order valence-electron chi connectivity index (χ4n) is 3.51. The molecule has 2 fully saturated rings. The molecule has 2 nitrogen and oxygen atoms in total. The first-order valence-corrected chi connectivity index (χ1v) is 8.15. The second kappa shape index (κ2) is 4.80. The van der Waals surface area contributed by atoms with Crippen molar-refractivity contribution in [1.82, 2.24) is 5.32 Å². The van der Waals surface area contributed by atoms with E-state index in [4.69, 9.17) is 4.74 Å². The Labute approximate surface area is 117 Å². The number of hydrogen-bond acceptors (Lipinski definition) is 3. The van der Waals surface area contributed by atoms with Crippen LogP contribution >= 0.6 is 11.3 Å². The predicted molar refractivity (Wildman–Crippen MR) is 80.0 cm³/mol. The van der Waals surface area contributed by atoms with E-state index in [1.54, 1.807) is 11.3 Å². The molecular formula is C16H19NOS. The van der Waals surface area contributed by atoms with E-state index in [0.29, 0.717) is 18.2 Å². The van der Waals surface area contributed by atoms with Gasteiger partial charge in [-0.2, -0.15) is 0 Å². The minimum atomic E-state index is 0.397. The molecule has 0 spiro atoms. The summed E-state index contributed by atoms with van der Waals surface area (Å²) >= 11 is 1.79. The fraction of sp³-hybridized carbons (Fsp3) is 0.500. The van der Waals surface area contributed by atoms with Crippen molar-refractivity contribution in [3.63, 3.8) is 0 Å². The van der Waals surface area contributed by atoms with Gasteiger partial charge in [-0.15, -0.1) is 11.3 Å². The molecule has 1 aromatic carbocycles. The maximum Gasteiger partial charge on any atom is 0.121 e. The lowest BCUT2D eigenvalue weighted by atomic mass is 9.85. The van der Waals surface area contributed by atoms with E-state index in [2.05, 4.69) is 35.0 Å². The van der Waals surface area contributed by atoms with Gasteiger partial charge in [0.25, 0.3) is 0 Å². The molecule has 2 saturated heterocycles. The van der Waals surface area contributed by atoms with Gasteiger partial charge >= 0.3 is 0 Å². The van der Waals surface area contributed by atoms with Crippen LogP contribution in [-0.2, 0) is 0 Å². The van der Waals surface area contributed by atoms with Crippen molar-refractivity contribution in [3.8, 4) is 5.75 Å². The molecule has 0 amide bonds. The van der Waals surface area contributed by atoms with Crippen LogP contribution in [0.5, 0.6) is 5.75 Å². The zero-order valence-electron chi connectivity index (χ0n) is 11.0. The molecule has 3 heterocycles. The van der Waals surface area contributed by atoms with Gasteiger partial charge in [-0.3, -0.25) is 0 Å². The first kappa shape index (κ1) is 11.7. The zero-order valence-corrected chi connectivity index (χ0v) is 11.8. The van der Waals surface area contributed by atoms with Crippen molar-refractivity contribution in [2.24, 2.45) is 0 Å². The van der Waals surface area contributed by atoms with Gasteiger partial charge in [-0.25, -0.2) is 0 Å². The summed E-state index contributed by atoms with van der Waals surface area (Å²) in [7, 11) is 0. The molecule has 19 heavy (non-hydrogen) atoms. The van der Waals surface area contributed by atoms with Crippen LogP contribution in [0.25, 0.3) is 10.1 Å². The lowest BCUT2D eigenvalue weighted by Crippen LogP contribution is -2.51. The Hall–Kier alpha value is -1.06. The Kier molecular flexibility index (Phi) is 2.97. The molecule has 0 saturated carbocycles. The SMILES string of the molecule is c1cc2ccc(OC3C[C@@H]4CCC[C@@H](C3)N4)cc2s1. The second-order valence-corrected chi connectivity index (χ2v) is 6.77. The minimum absolute atomic E-state index is 0.397. The highest BCUT2D eigenvalue weighted by Crippen LogP contribution is 2.31. The molecule has 2 bridgehead atoms. The van der Waals surface area contributed by atoms with Crippen molar-refractivity contribution in [2.75, 3.05) is 0 Å². The van der Waals surface area contributed by atoms with E-state index >= 15 is 0 Å². The summed E-state index contributed by atoms with van der Waals surface area (Å²) in [5.74, 6) is 1.04. The Bertz CT molecular complexity index is 567. The van der Waals surface area contributed by atoms with Gasteiger partial charge in [0.1, 0.15) is 11.9 Å². The third-order valence-electron chi connectivity index (χ3n) is 4.40. The smallest absolute Gasteiger partial charge is 0.121 e. The number of thiophene rings is 1. The minimum Gasteiger partial charge on any atom is -0.490 e. The molecule has 2 atom stereocenters. The highest BCUT2D eigenvalue weighted by atomic mass is 32.1. The van der Waals surface area contributed by atoms with Crippen molar-refractivity contribution in [3.05, 3.63) is 29.6 Å². The first-order valence-electron chi connectivity index (χ1n) is 7.27. The maximum atomic E-state index is 6.24. The molecule has 2 aliphatic heterocycles. The van der Waals surface area contributed by atoms with Crippen LogP contribution in [0.2, 0.25) is 0 Å². The van der Waals surface area contributed by atoms with Gasteiger partial charge in [0.15, 0.2) is 0 Å². The summed E-state index contributed by atoms with van der Waals surface area (Å²) in [5.41, 5.74) is 0. The highest BCUT2D eigenvalue weighted by molar-refractivity contribution is 7.17. The van der Waals surface area contributed by atoms with E-state index in [-0.39, 0.29) is 0 Å². The summed E-state index contributed by atoms with van der Waals surface area (Å²) in [6.45, 7) is 0. The van der Waals surface area contributed by atoms with Gasteiger partial charge in [0, 0.05) is 16.8 Å². The predicted octanol–water partition coefficient (Wildman–Crippen LogP) is 3.95. The number of ether oxygens (including phenoxy) is 1. The van der Waals surface area contributed by atoms with Gasteiger partial charge in [-0.05, 0) is 60.7 Å². The molecule has 0 unspecified atom stereocenters. The van der Waals surface area contributed by atoms with Gasteiger partial charge in [0.05, 0.1) is 0 Å². The first-order chi connectivity index (χ1) is 9.37. The quantitative estimate of drug-likeness (QED) is 0.894. The molecule has 2 aromatic rings. The van der Waals surface area contributed by atoms with Crippen LogP contribution in [-0.4, -0.2) is 18.2 Å². The molecule has 1 N–H and O–H groups in total. The van der Waals surface area contributed by atoms with Crippen LogP contribution in [0.1, 0.15) is 32.1 Å². The van der Waals surface area contributed by atoms with E-state index in [9.17, 15) is 0 Å².